The van der Waals surface area contributed by atoms with Crippen LogP contribution in [0.3, 0.4) is 0 Å². The van der Waals surface area contributed by atoms with Crippen molar-refractivity contribution in [3.05, 3.63) is 5.21 Å². The Bertz CT molecular complexity index is 644. The molecule has 0 spiro atoms. The molecule has 162 valence electrons. The van der Waals surface area contributed by atoms with Crippen LogP contribution in [0.5, 0.6) is 0 Å². The fourth-order valence-corrected chi connectivity index (χ4v) is 6.34. The third-order valence-electron chi connectivity index (χ3n) is 6.58. The van der Waals surface area contributed by atoms with E-state index in [-0.39, 0.29) is 24.4 Å². The molecular weight excluding hydrogens is 399 g/mol. The minimum atomic E-state index is -5.72. The molecule has 1 atom stereocenters. The van der Waals surface area contributed by atoms with Crippen molar-refractivity contribution < 1.29 is 35.6 Å². The molecule has 10 heteroatoms. The maximum absolute atomic E-state index is 12.6. The van der Waals surface area contributed by atoms with Crippen LogP contribution >= 0.6 is 0 Å². The maximum atomic E-state index is 12.6. The van der Waals surface area contributed by atoms with Crippen molar-refractivity contribution >= 4 is 16.0 Å². The van der Waals surface area contributed by atoms with Crippen LogP contribution in [0.25, 0.3) is 0 Å². The van der Waals surface area contributed by atoms with Gasteiger partial charge < -0.3 is 9.94 Å². The molecule has 4 saturated carbocycles. The first-order valence-corrected chi connectivity index (χ1v) is 11.5. The number of carbonyl (C=O) groups is 1. The average molecular weight is 427 g/mol. The molecule has 0 radical (unpaired) electrons. The number of nitrogens with one attached hydrogen (secondary N) is 1. The number of sulfonamides is 1. The summed E-state index contributed by atoms with van der Waals surface area (Å²) in [5.74, 6) is 1.87. The maximum Gasteiger partial charge on any atom is 0.549 e. The summed E-state index contributed by atoms with van der Waals surface area (Å²) >= 11 is 0. The predicted octanol–water partition coefficient (Wildman–Crippen LogP) is 2.54. The Morgan fingerprint density at radius 3 is 2.00 bits per heavy atom. The highest BCUT2D eigenvalue weighted by Crippen LogP contribution is 2.60. The molecule has 6 nitrogen and oxygen atoms in total. The molecule has 0 heterocycles. The van der Waals surface area contributed by atoms with Gasteiger partial charge in [-0.2, -0.15) is 21.6 Å². The zero-order valence-electron chi connectivity index (χ0n) is 15.8. The van der Waals surface area contributed by atoms with Gasteiger partial charge in [0.05, 0.1) is 18.6 Å². The van der Waals surface area contributed by atoms with E-state index in [4.69, 9.17) is 4.74 Å². The van der Waals surface area contributed by atoms with E-state index in [0.29, 0.717) is 37.0 Å². The van der Waals surface area contributed by atoms with Gasteiger partial charge in [0.15, 0.2) is 0 Å². The van der Waals surface area contributed by atoms with Gasteiger partial charge in [-0.05, 0) is 82.0 Å². The van der Waals surface area contributed by atoms with Crippen LogP contribution in [0.1, 0.15) is 64.2 Å². The van der Waals surface area contributed by atoms with Crippen molar-refractivity contribution in [1.29, 1.82) is 0 Å². The molecule has 1 unspecified atom stereocenters. The van der Waals surface area contributed by atoms with Gasteiger partial charge in [-0.3, -0.25) is 9.26 Å². The van der Waals surface area contributed by atoms with Gasteiger partial charge in [-0.25, -0.2) is 0 Å². The van der Waals surface area contributed by atoms with Crippen LogP contribution in [-0.4, -0.2) is 33.0 Å². The lowest BCUT2D eigenvalue weighted by Crippen LogP contribution is -3.10. The van der Waals surface area contributed by atoms with E-state index >= 15 is 0 Å². The Labute approximate surface area is 163 Å². The lowest BCUT2D eigenvalue weighted by Gasteiger charge is -2.55. The van der Waals surface area contributed by atoms with Crippen molar-refractivity contribution in [3.63, 3.8) is 0 Å². The van der Waals surface area contributed by atoms with E-state index in [1.807, 2.05) is 0 Å². The van der Waals surface area contributed by atoms with Gasteiger partial charge in [0.1, 0.15) is 0 Å². The van der Waals surface area contributed by atoms with Crippen molar-refractivity contribution in [1.82, 2.24) is 0 Å². The molecule has 1 N–H and O–H groups in total. The molecule has 4 aliphatic carbocycles. The summed E-state index contributed by atoms with van der Waals surface area (Å²) in [6.45, 7) is -0.385. The number of esters is 1. The number of rotatable bonds is 9. The van der Waals surface area contributed by atoms with Crippen molar-refractivity contribution in [2.75, 3.05) is 13.2 Å². The number of quaternary nitrogens is 1. The second-order valence-corrected chi connectivity index (χ2v) is 10.7. The number of halogens is 3. The van der Waals surface area contributed by atoms with Crippen LogP contribution in [0.4, 0.5) is 13.2 Å². The van der Waals surface area contributed by atoms with Gasteiger partial charge in [0.2, 0.25) is 0 Å². The molecular formula is C18H28F3NO5S. The molecule has 0 amide bonds. The van der Waals surface area contributed by atoms with Gasteiger partial charge in [0, 0.05) is 0 Å². The lowest BCUT2D eigenvalue weighted by molar-refractivity contribution is -0.712. The topological polar surface area (TPSA) is 87.9 Å². The smallest absolute Gasteiger partial charge is 0.549 e. The second kappa shape index (κ2) is 8.10. The van der Waals surface area contributed by atoms with E-state index in [2.05, 4.69) is 0 Å². The zero-order chi connectivity index (χ0) is 20.6. The molecule has 0 aromatic carbocycles. The second-order valence-electron chi connectivity index (χ2n) is 8.82. The van der Waals surface area contributed by atoms with E-state index in [1.54, 1.807) is 0 Å². The largest absolute Gasteiger partial charge is 0.618 e. The number of ether oxygens (including phenoxy) is 1. The van der Waals surface area contributed by atoms with Crippen LogP contribution in [0.15, 0.2) is 0 Å². The Balaban J connectivity index is 1.31. The van der Waals surface area contributed by atoms with Gasteiger partial charge >= 0.3 is 21.5 Å². The van der Waals surface area contributed by atoms with Crippen LogP contribution in [0.2, 0.25) is 0 Å². The summed E-state index contributed by atoms with van der Waals surface area (Å²) in [5, 5.41) is 11.2. The number of carbonyl (C=O) groups excluding carboxylic acids is 1. The lowest BCUT2D eigenvalue weighted by atomic mass is 9.49. The fraction of sp³-hybridized carbons (Fsp3) is 0.944. The first kappa shape index (κ1) is 21.8. The van der Waals surface area contributed by atoms with Gasteiger partial charge in [-0.15, -0.1) is 0 Å². The minimum absolute atomic E-state index is 0.0665. The average Bonchev–Trinajstić information content (AvgIpc) is 2.58. The van der Waals surface area contributed by atoms with Crippen LogP contribution in [0, 0.1) is 28.4 Å². The minimum Gasteiger partial charge on any atom is -0.618 e. The van der Waals surface area contributed by atoms with Crippen LogP contribution < -0.4 is 4.47 Å². The number of alkyl halides is 3. The summed E-state index contributed by atoms with van der Waals surface area (Å²) < 4.78 is 62.3. The Kier molecular flexibility index (Phi) is 6.32. The highest BCUT2D eigenvalue weighted by Gasteiger charge is 2.55. The van der Waals surface area contributed by atoms with Crippen molar-refractivity contribution in [2.45, 2.75) is 69.7 Å². The molecule has 0 saturated heterocycles. The van der Waals surface area contributed by atoms with E-state index in [0.717, 1.165) is 19.3 Å². The molecule has 4 rings (SSSR count). The predicted molar refractivity (Wildman–Crippen MR) is 94.2 cm³/mol. The molecule has 0 aromatic rings. The molecule has 4 aliphatic rings. The van der Waals surface area contributed by atoms with Gasteiger partial charge in [0.25, 0.3) is 0 Å². The first-order chi connectivity index (χ1) is 13.0. The first-order valence-electron chi connectivity index (χ1n) is 10.0. The molecule has 0 aliphatic heterocycles. The number of hydroxylamine groups is 1. The van der Waals surface area contributed by atoms with Crippen molar-refractivity contribution in [2.24, 2.45) is 23.2 Å². The molecule has 28 heavy (non-hydrogen) atoms. The number of unbranched alkanes of at least 4 members (excludes halogenated alkanes) is 3. The van der Waals surface area contributed by atoms with E-state index in [1.165, 1.54) is 19.3 Å². The molecule has 0 aromatic heterocycles. The standard InChI is InChI=1S/C18H28F3NO5S/c19-18(20,21)28(25,26)22(24)5-3-1-2-4-6-27-16(23)17-10-13-7-14(11-17)9-15(8-13)12-17/h13-15,22H,1-12H2. The van der Waals surface area contributed by atoms with E-state index in [9.17, 15) is 31.6 Å². The Morgan fingerprint density at radius 1 is 1.00 bits per heavy atom. The third-order valence-corrected chi connectivity index (χ3v) is 8.00. The highest BCUT2D eigenvalue weighted by atomic mass is 32.2. The highest BCUT2D eigenvalue weighted by molar-refractivity contribution is 7.86. The quantitative estimate of drug-likeness (QED) is 0.347. The third kappa shape index (κ3) is 4.48. The van der Waals surface area contributed by atoms with Crippen LogP contribution in [-0.2, 0) is 19.6 Å². The SMILES string of the molecule is O=C(OCCCCCC[NH+]([O-])S(=O)(=O)C(F)(F)F)C12CC3CC(CC(C3)C1)C2. The summed E-state index contributed by atoms with van der Waals surface area (Å²) in [6, 6.07) is 0. The summed E-state index contributed by atoms with van der Waals surface area (Å²) in [4.78, 5) is 12.6. The zero-order valence-corrected chi connectivity index (χ0v) is 16.6. The number of hydrogen-bond donors (Lipinski definition) is 1. The normalized spacial score (nSPS) is 33.1. The Hall–Kier alpha value is -0.870. The monoisotopic (exact) mass is 427 g/mol. The molecule has 4 bridgehead atoms. The number of hydrogen-bond acceptors (Lipinski definition) is 5. The fourth-order valence-electron chi connectivity index (χ4n) is 5.67. The summed E-state index contributed by atoms with van der Waals surface area (Å²) in [5.41, 5.74) is -5.83. The van der Waals surface area contributed by atoms with E-state index < -0.39 is 26.5 Å². The van der Waals surface area contributed by atoms with Crippen molar-refractivity contribution in [3.8, 4) is 0 Å². The van der Waals surface area contributed by atoms with Gasteiger partial charge in [-0.1, -0.05) is 0 Å². The molecule has 4 fully saturated rings. The Morgan fingerprint density at radius 2 is 1.50 bits per heavy atom. The summed E-state index contributed by atoms with van der Waals surface area (Å²) in [6.07, 6.45) is 8.14. The summed E-state index contributed by atoms with van der Waals surface area (Å²) in [7, 11) is -5.72.